The van der Waals surface area contributed by atoms with Gasteiger partial charge in [0.05, 0.1) is 12.5 Å². The lowest BCUT2D eigenvalue weighted by atomic mass is 10.0. The Bertz CT molecular complexity index is 1810. The van der Waals surface area contributed by atoms with Crippen molar-refractivity contribution in [2.75, 3.05) is 38.8 Å². The highest BCUT2D eigenvalue weighted by Crippen LogP contribution is 2.26. The summed E-state index contributed by atoms with van der Waals surface area (Å²) in [6, 6.07) is 1.40. The van der Waals surface area contributed by atoms with Gasteiger partial charge in [0.25, 0.3) is 11.8 Å². The maximum Gasteiger partial charge on any atom is 0.328 e. The maximum absolute atomic E-state index is 12.6. The molecule has 3 atom stereocenters. The predicted molar refractivity (Wildman–Crippen MR) is 180 cm³/mol. The van der Waals surface area contributed by atoms with Gasteiger partial charge in [0.1, 0.15) is 4.75 Å². The van der Waals surface area contributed by atoms with Crippen LogP contribution in [-0.4, -0.2) is 115 Å². The number of carbonyl (C=O) groups excluding carboxylic acids is 4. The number of amides is 4. The quantitative estimate of drug-likeness (QED) is 0.172. The van der Waals surface area contributed by atoms with Gasteiger partial charge in [0.15, 0.2) is 30.7 Å². The molecule has 276 valence electrons. The second-order valence-corrected chi connectivity index (χ2v) is 17.7. The summed E-state index contributed by atoms with van der Waals surface area (Å²) in [7, 11) is -7.34. The summed E-state index contributed by atoms with van der Waals surface area (Å²) in [5, 5.41) is 8.90. The van der Waals surface area contributed by atoms with Crippen molar-refractivity contribution in [2.24, 2.45) is 5.92 Å². The van der Waals surface area contributed by atoms with E-state index in [9.17, 15) is 36.0 Å². The molecule has 2 saturated heterocycles. The van der Waals surface area contributed by atoms with Crippen molar-refractivity contribution >= 4 is 43.4 Å². The number of hydrogen-bond donors (Lipinski definition) is 3. The normalized spacial score (nSPS) is 19.8. The molecule has 3 N–H and O–H groups in total. The number of nitrogens with zero attached hydrogens (tertiary/aromatic N) is 3. The average molecular weight is 740 g/mol. The first kappa shape index (κ1) is 40.5. The third kappa shape index (κ3) is 9.43. The van der Waals surface area contributed by atoms with Gasteiger partial charge < -0.3 is 14.5 Å². The third-order valence-electron chi connectivity index (χ3n) is 9.26. The minimum Gasteiger partial charge on any atom is -0.350 e. The van der Waals surface area contributed by atoms with Crippen molar-refractivity contribution in [1.82, 2.24) is 25.3 Å². The van der Waals surface area contributed by atoms with Crippen LogP contribution >= 0.6 is 0 Å². The summed E-state index contributed by atoms with van der Waals surface area (Å²) in [5.41, 5.74) is 4.92. The Morgan fingerprint density at radius 1 is 1.06 bits per heavy atom. The molecule has 1 aromatic heterocycles. The zero-order valence-electron chi connectivity index (χ0n) is 29.1. The summed E-state index contributed by atoms with van der Waals surface area (Å²) in [6.07, 6.45) is 5.73. The van der Waals surface area contributed by atoms with Gasteiger partial charge in [-0.3, -0.25) is 24.2 Å². The van der Waals surface area contributed by atoms with Crippen LogP contribution < -0.4 is 11.0 Å². The summed E-state index contributed by atoms with van der Waals surface area (Å²) in [6.45, 7) is 7.87. The standard InChI is InChI=1S/C21H24N4O6S.C11H21NO5S/c1-15(26)24-11-17(12-24)7-5-4-6-16-10-18-14-23(20(28)25(18)13-16)9-8-21(2,19(27)22-29)32(3,30)31;1-4-11(2,18(3,14)15)10(13)12-17-9-7-5-6-8-16-9/h10,13,17,29H,8-9,11-12,14H2,1-3H3,(H,22,27);9H,4-8H2,1-3H3,(H,12,13)/t;9?,11-/m.1/s1. The number of rotatable bonds is 10. The molecule has 0 saturated carbocycles. The van der Waals surface area contributed by atoms with Gasteiger partial charge in [-0.05, 0) is 57.4 Å². The fourth-order valence-corrected chi connectivity index (χ4v) is 6.84. The maximum atomic E-state index is 12.6. The minimum atomic E-state index is -3.84. The molecule has 16 nitrogen and oxygen atoms in total. The Labute approximate surface area is 293 Å². The van der Waals surface area contributed by atoms with Crippen molar-refractivity contribution in [3.63, 3.8) is 0 Å². The van der Waals surface area contributed by atoms with E-state index in [0.717, 1.165) is 25.4 Å². The molecule has 18 heteroatoms. The monoisotopic (exact) mass is 739 g/mol. The topological polar surface area (TPSA) is 211 Å². The van der Waals surface area contributed by atoms with E-state index in [-0.39, 0.29) is 43.8 Å². The molecular formula is C32H45N5O11S2. The molecule has 3 aliphatic rings. The second kappa shape index (κ2) is 16.4. The van der Waals surface area contributed by atoms with Crippen molar-refractivity contribution < 1.29 is 50.8 Å². The van der Waals surface area contributed by atoms with Crippen LogP contribution in [0.4, 0.5) is 4.79 Å². The molecule has 0 spiro atoms. The molecule has 1 aromatic rings. The number of likely N-dealkylation sites (tertiary alicyclic amines) is 1. The lowest BCUT2D eigenvalue weighted by Crippen LogP contribution is -2.50. The average Bonchev–Trinajstić information content (AvgIpc) is 3.57. The van der Waals surface area contributed by atoms with Crippen LogP contribution in [0.2, 0.25) is 0 Å². The largest absolute Gasteiger partial charge is 0.350 e. The molecule has 0 aliphatic carbocycles. The van der Waals surface area contributed by atoms with E-state index in [1.165, 1.54) is 35.7 Å². The first-order valence-electron chi connectivity index (χ1n) is 16.0. The lowest BCUT2D eigenvalue weighted by Gasteiger charge is -2.35. The van der Waals surface area contributed by atoms with Gasteiger partial charge in [0, 0.05) is 69.6 Å². The number of ether oxygens (including phenoxy) is 1. The molecule has 0 radical (unpaired) electrons. The van der Waals surface area contributed by atoms with Crippen LogP contribution in [0.5, 0.6) is 0 Å². The predicted octanol–water partition coefficient (Wildman–Crippen LogP) is 0.578. The molecule has 2 unspecified atom stereocenters. The van der Waals surface area contributed by atoms with E-state index < -0.39 is 47.3 Å². The van der Waals surface area contributed by atoms with Crippen LogP contribution in [0.25, 0.3) is 0 Å². The molecule has 4 amide bonds. The number of fused-ring (bicyclic) bond motifs is 1. The van der Waals surface area contributed by atoms with Crippen molar-refractivity contribution in [2.45, 2.75) is 82.1 Å². The number of hydrogen-bond acceptors (Lipinski definition) is 11. The first-order valence-corrected chi connectivity index (χ1v) is 19.7. The summed E-state index contributed by atoms with van der Waals surface area (Å²) in [5.74, 6) is 9.89. The van der Waals surface area contributed by atoms with Gasteiger partial charge in [-0.2, -0.15) is 0 Å². The summed E-state index contributed by atoms with van der Waals surface area (Å²) >= 11 is 0. The molecule has 50 heavy (non-hydrogen) atoms. The number of nitrogens with one attached hydrogen (secondary N) is 2. The number of sulfone groups is 2. The van der Waals surface area contributed by atoms with E-state index in [1.807, 2.05) is 0 Å². The van der Waals surface area contributed by atoms with Gasteiger partial charge in [-0.25, -0.2) is 37.4 Å². The molecule has 4 rings (SSSR count). The molecular weight excluding hydrogens is 695 g/mol. The molecule has 3 aliphatic heterocycles. The van der Waals surface area contributed by atoms with Crippen LogP contribution in [-0.2, 0) is 50.2 Å². The van der Waals surface area contributed by atoms with E-state index in [2.05, 4.69) is 29.2 Å². The highest BCUT2D eigenvalue weighted by Gasteiger charge is 2.45. The third-order valence-corrected chi connectivity index (χ3v) is 13.4. The van der Waals surface area contributed by atoms with Crippen LogP contribution in [0.3, 0.4) is 0 Å². The highest BCUT2D eigenvalue weighted by atomic mass is 32.2. The Morgan fingerprint density at radius 2 is 1.72 bits per heavy atom. The minimum absolute atomic E-state index is 0.0165. The van der Waals surface area contributed by atoms with Gasteiger partial charge in [-0.15, -0.1) is 0 Å². The fraction of sp³-hybridized carbons (Fsp3) is 0.625. The van der Waals surface area contributed by atoms with E-state index in [1.54, 1.807) is 24.1 Å². The SMILES string of the molecule is CC(=O)N1CC(C#CC#Cc2cc3n(c2)C(=O)N(CCC(C)(C(=O)NO)S(C)(=O)=O)C3)C1.CC[C@](C)(C(=O)NOC1CCCCO1)S(C)(=O)=O. The van der Waals surface area contributed by atoms with Crippen molar-refractivity contribution in [3.8, 4) is 23.7 Å². The highest BCUT2D eigenvalue weighted by molar-refractivity contribution is 7.93. The zero-order valence-corrected chi connectivity index (χ0v) is 30.7. The molecule has 4 heterocycles. The van der Waals surface area contributed by atoms with Crippen molar-refractivity contribution in [3.05, 3.63) is 23.5 Å². The van der Waals surface area contributed by atoms with Gasteiger partial charge in [0.2, 0.25) is 5.91 Å². The van der Waals surface area contributed by atoms with Crippen LogP contribution in [0, 0.1) is 29.6 Å². The first-order chi connectivity index (χ1) is 23.3. The van der Waals surface area contributed by atoms with Gasteiger partial charge >= 0.3 is 6.03 Å². The van der Waals surface area contributed by atoms with E-state index in [0.29, 0.717) is 37.4 Å². The molecule has 0 bridgehead atoms. The van der Waals surface area contributed by atoms with Crippen LogP contribution in [0.15, 0.2) is 12.3 Å². The smallest absolute Gasteiger partial charge is 0.328 e. The van der Waals surface area contributed by atoms with E-state index >= 15 is 0 Å². The Kier molecular flexibility index (Phi) is 13.3. The van der Waals surface area contributed by atoms with Crippen molar-refractivity contribution in [1.29, 1.82) is 0 Å². The van der Waals surface area contributed by atoms with Gasteiger partial charge in [-0.1, -0.05) is 18.8 Å². The fourth-order valence-electron chi connectivity index (χ4n) is 5.09. The number of hydroxylamine groups is 2. The summed E-state index contributed by atoms with van der Waals surface area (Å²) < 4.78 is 50.8. The zero-order chi connectivity index (χ0) is 37.5. The number of aromatic nitrogens is 1. The Balaban J connectivity index is 0.000000319. The second-order valence-electron chi connectivity index (χ2n) is 12.8. The summed E-state index contributed by atoms with van der Waals surface area (Å²) in [4.78, 5) is 55.9. The molecule has 0 aromatic carbocycles. The Morgan fingerprint density at radius 3 is 2.24 bits per heavy atom. The van der Waals surface area contributed by atoms with E-state index in [4.69, 9.17) is 14.8 Å². The molecule has 2 fully saturated rings. The number of carbonyl (C=O) groups is 4. The van der Waals surface area contributed by atoms with Crippen LogP contribution in [0.1, 0.15) is 71.1 Å². The Hall–Kier alpha value is -3.94. The lowest BCUT2D eigenvalue weighted by molar-refractivity contribution is -0.201.